The largest absolute Gasteiger partial charge is 0.342 e. The van der Waals surface area contributed by atoms with Crippen molar-refractivity contribution in [3.05, 3.63) is 58.4 Å². The molecule has 20 heavy (non-hydrogen) atoms. The third kappa shape index (κ3) is 3.41. The van der Waals surface area contributed by atoms with Gasteiger partial charge in [-0.2, -0.15) is 5.26 Å². The quantitative estimate of drug-likeness (QED) is 0.909. The fourth-order valence-electron chi connectivity index (χ4n) is 2.27. The molecule has 1 heterocycles. The molecule has 1 atom stereocenters. The van der Waals surface area contributed by atoms with E-state index in [1.54, 1.807) is 0 Å². The summed E-state index contributed by atoms with van der Waals surface area (Å²) in [7, 11) is 1.89. The first-order valence-electron chi connectivity index (χ1n) is 6.68. The Hall–Kier alpha value is -1.76. The van der Waals surface area contributed by atoms with Crippen molar-refractivity contribution in [1.29, 1.82) is 5.26 Å². The summed E-state index contributed by atoms with van der Waals surface area (Å²) < 4.78 is 1.85. The number of rotatable bonds is 5. The highest BCUT2D eigenvalue weighted by Crippen LogP contribution is 2.20. The molecule has 1 unspecified atom stereocenters. The molecule has 0 aliphatic rings. The van der Waals surface area contributed by atoms with Crippen molar-refractivity contribution in [3.8, 4) is 6.07 Å². The van der Waals surface area contributed by atoms with Gasteiger partial charge < -0.3 is 9.88 Å². The molecule has 1 aromatic heterocycles. The van der Waals surface area contributed by atoms with Crippen LogP contribution < -0.4 is 5.32 Å². The number of aryl methyl sites for hydroxylation is 1. The number of aromatic nitrogens is 1. The van der Waals surface area contributed by atoms with Gasteiger partial charge >= 0.3 is 0 Å². The van der Waals surface area contributed by atoms with E-state index >= 15 is 0 Å². The van der Waals surface area contributed by atoms with Crippen LogP contribution in [0.15, 0.2) is 36.5 Å². The van der Waals surface area contributed by atoms with E-state index in [-0.39, 0.29) is 6.04 Å². The summed E-state index contributed by atoms with van der Waals surface area (Å²) in [4.78, 5) is 0. The normalized spacial score (nSPS) is 12.1. The van der Waals surface area contributed by atoms with E-state index in [9.17, 15) is 0 Å². The lowest BCUT2D eigenvalue weighted by Gasteiger charge is -2.17. The molecule has 3 nitrogen and oxygen atoms in total. The van der Waals surface area contributed by atoms with Crippen LogP contribution >= 0.6 is 11.6 Å². The second-order valence-electron chi connectivity index (χ2n) is 4.85. The Kier molecular flexibility index (Phi) is 4.84. The third-order valence-electron chi connectivity index (χ3n) is 3.41. The summed E-state index contributed by atoms with van der Waals surface area (Å²) in [6, 6.07) is 12.3. The van der Waals surface area contributed by atoms with E-state index in [0.717, 1.165) is 23.6 Å². The molecule has 0 radical (unpaired) electrons. The minimum Gasteiger partial charge on any atom is -0.342 e. The maximum Gasteiger partial charge on any atom is 0.120 e. The second-order valence-corrected chi connectivity index (χ2v) is 5.29. The third-order valence-corrected chi connectivity index (χ3v) is 3.66. The van der Waals surface area contributed by atoms with Crippen LogP contribution in [0.5, 0.6) is 0 Å². The Morgan fingerprint density at radius 2 is 2.05 bits per heavy atom. The fourth-order valence-corrected chi connectivity index (χ4v) is 2.40. The number of hydrogen-bond donors (Lipinski definition) is 1. The molecule has 2 rings (SSSR count). The van der Waals surface area contributed by atoms with Gasteiger partial charge in [-0.1, -0.05) is 30.7 Å². The molecule has 0 aliphatic carbocycles. The lowest BCUT2D eigenvalue weighted by atomic mass is 10.0. The van der Waals surface area contributed by atoms with Gasteiger partial charge in [-0.25, -0.2) is 0 Å². The Labute approximate surface area is 124 Å². The lowest BCUT2D eigenvalue weighted by Crippen LogP contribution is -2.19. The highest BCUT2D eigenvalue weighted by Gasteiger charge is 2.09. The molecule has 0 bridgehead atoms. The number of nitrogens with zero attached hydrogens (tertiary/aromatic N) is 2. The minimum absolute atomic E-state index is 0.290. The zero-order chi connectivity index (χ0) is 14.5. The highest BCUT2D eigenvalue weighted by molar-refractivity contribution is 6.30. The number of benzene rings is 1. The molecule has 0 amide bonds. The Bertz CT molecular complexity index is 608. The lowest BCUT2D eigenvalue weighted by molar-refractivity contribution is 0.519. The summed E-state index contributed by atoms with van der Waals surface area (Å²) in [6.07, 6.45) is 2.99. The molecule has 0 fully saturated rings. The first kappa shape index (κ1) is 14.6. The number of nitrogens with one attached hydrogen (secondary N) is 1. The van der Waals surface area contributed by atoms with Crippen LogP contribution in [0.1, 0.15) is 36.2 Å². The van der Waals surface area contributed by atoms with Crippen molar-refractivity contribution in [2.24, 2.45) is 7.05 Å². The van der Waals surface area contributed by atoms with Crippen molar-refractivity contribution in [2.75, 3.05) is 0 Å². The number of halogens is 1. The van der Waals surface area contributed by atoms with E-state index < -0.39 is 0 Å². The van der Waals surface area contributed by atoms with Crippen molar-refractivity contribution >= 4 is 11.6 Å². The maximum atomic E-state index is 8.96. The van der Waals surface area contributed by atoms with Crippen molar-refractivity contribution < 1.29 is 0 Å². The van der Waals surface area contributed by atoms with Crippen LogP contribution in [0.3, 0.4) is 0 Å². The maximum absolute atomic E-state index is 8.96. The van der Waals surface area contributed by atoms with Crippen LogP contribution in [-0.2, 0) is 13.6 Å². The monoisotopic (exact) mass is 287 g/mol. The SMILES string of the molecule is CCC(NCc1cc(C#N)n(C)c1)c1ccc(Cl)cc1. The fraction of sp³-hybridized carbons (Fsp3) is 0.312. The first-order valence-corrected chi connectivity index (χ1v) is 7.06. The Morgan fingerprint density at radius 3 is 2.60 bits per heavy atom. The smallest absolute Gasteiger partial charge is 0.120 e. The summed E-state index contributed by atoms with van der Waals surface area (Å²) in [5, 5.41) is 13.2. The van der Waals surface area contributed by atoms with E-state index in [1.165, 1.54) is 5.56 Å². The molecule has 0 saturated heterocycles. The van der Waals surface area contributed by atoms with Gasteiger partial charge in [-0.15, -0.1) is 0 Å². The average Bonchev–Trinajstić information content (AvgIpc) is 2.81. The summed E-state index contributed by atoms with van der Waals surface area (Å²) in [5.41, 5.74) is 3.03. The molecular weight excluding hydrogens is 270 g/mol. The van der Waals surface area contributed by atoms with Gasteiger partial charge in [-0.05, 0) is 35.7 Å². The summed E-state index contributed by atoms with van der Waals surface area (Å²) in [5.74, 6) is 0. The van der Waals surface area contributed by atoms with E-state index in [1.807, 2.05) is 36.0 Å². The molecule has 1 N–H and O–H groups in total. The molecule has 2 aromatic rings. The van der Waals surface area contributed by atoms with Crippen LogP contribution in [0.2, 0.25) is 5.02 Å². The highest BCUT2D eigenvalue weighted by atomic mass is 35.5. The van der Waals surface area contributed by atoms with Gasteiger partial charge in [0.05, 0.1) is 0 Å². The van der Waals surface area contributed by atoms with E-state index in [0.29, 0.717) is 5.69 Å². The van der Waals surface area contributed by atoms with Crippen LogP contribution in [0, 0.1) is 11.3 Å². The number of hydrogen-bond acceptors (Lipinski definition) is 2. The molecule has 0 spiro atoms. The number of nitriles is 1. The van der Waals surface area contributed by atoms with Crippen LogP contribution in [0.4, 0.5) is 0 Å². The van der Waals surface area contributed by atoms with Gasteiger partial charge in [0.25, 0.3) is 0 Å². The zero-order valence-electron chi connectivity index (χ0n) is 11.7. The van der Waals surface area contributed by atoms with Gasteiger partial charge in [-0.3, -0.25) is 0 Å². The predicted molar refractivity (Wildman–Crippen MR) is 81.5 cm³/mol. The topological polar surface area (TPSA) is 40.8 Å². The molecule has 1 aromatic carbocycles. The first-order chi connectivity index (χ1) is 9.63. The Balaban J connectivity index is 2.03. The van der Waals surface area contributed by atoms with Gasteiger partial charge in [0.15, 0.2) is 0 Å². The Morgan fingerprint density at radius 1 is 1.35 bits per heavy atom. The second kappa shape index (κ2) is 6.60. The van der Waals surface area contributed by atoms with E-state index in [2.05, 4.69) is 30.4 Å². The molecular formula is C16H18ClN3. The molecule has 4 heteroatoms. The molecule has 104 valence electrons. The summed E-state index contributed by atoms with van der Waals surface area (Å²) in [6.45, 7) is 2.90. The van der Waals surface area contributed by atoms with Crippen LogP contribution in [-0.4, -0.2) is 4.57 Å². The van der Waals surface area contributed by atoms with Crippen molar-refractivity contribution in [3.63, 3.8) is 0 Å². The van der Waals surface area contributed by atoms with Gasteiger partial charge in [0.2, 0.25) is 0 Å². The van der Waals surface area contributed by atoms with Crippen molar-refractivity contribution in [2.45, 2.75) is 25.9 Å². The van der Waals surface area contributed by atoms with Gasteiger partial charge in [0.1, 0.15) is 11.8 Å². The summed E-state index contributed by atoms with van der Waals surface area (Å²) >= 11 is 5.91. The van der Waals surface area contributed by atoms with E-state index in [4.69, 9.17) is 16.9 Å². The molecule has 0 saturated carbocycles. The molecule has 0 aliphatic heterocycles. The standard InChI is InChI=1S/C16H18ClN3/c1-3-16(13-4-6-14(17)7-5-13)19-10-12-8-15(9-18)20(2)11-12/h4-8,11,16,19H,3,10H2,1-2H3. The predicted octanol–water partition coefficient (Wildman–Crippen LogP) is 3.79. The average molecular weight is 288 g/mol. The van der Waals surface area contributed by atoms with Crippen molar-refractivity contribution in [1.82, 2.24) is 9.88 Å². The zero-order valence-corrected chi connectivity index (χ0v) is 12.5. The van der Waals surface area contributed by atoms with Gasteiger partial charge in [0, 0.05) is 30.9 Å². The minimum atomic E-state index is 0.290. The van der Waals surface area contributed by atoms with Crippen LogP contribution in [0.25, 0.3) is 0 Å².